The number of carbonyl (C=O) groups is 1. The summed E-state index contributed by atoms with van der Waals surface area (Å²) < 4.78 is 33.4. The van der Waals surface area contributed by atoms with E-state index in [9.17, 15) is 13.7 Å². The number of ether oxygens (including phenoxy) is 1. The number of halogens is 1. The van der Waals surface area contributed by atoms with Gasteiger partial charge in [0.05, 0.1) is 35.6 Å². The van der Waals surface area contributed by atoms with Crippen molar-refractivity contribution in [3.8, 4) is 28.2 Å². The van der Waals surface area contributed by atoms with Crippen LogP contribution in [0.4, 0.5) is 4.39 Å². The zero-order valence-corrected chi connectivity index (χ0v) is 23.2. The standard InChI is InChI=1S/C29H27FN4O3S2/c1-3-6-18-7-5-8-21(13-18)27-22(14-20-11-12-26(39(31)36)23(30)15-20)24(16-19-9-10-19)34(33-27)29-32-17-25(38-29)28(35)37-4-2/h5,7-8,11-13,15,17,19H,4,9-10,14,16,31H2,1-2H3. The second kappa shape index (κ2) is 11.7. The van der Waals surface area contributed by atoms with Crippen molar-refractivity contribution in [2.24, 2.45) is 11.1 Å². The Morgan fingerprint density at radius 3 is 2.82 bits per heavy atom. The third kappa shape index (κ3) is 6.07. The molecule has 1 unspecified atom stereocenters. The number of thiazole rings is 1. The quantitative estimate of drug-likeness (QED) is 0.171. The lowest BCUT2D eigenvalue weighted by Crippen LogP contribution is -2.14. The smallest absolute Gasteiger partial charge is 0.350 e. The van der Waals surface area contributed by atoms with E-state index in [2.05, 4.69) is 16.8 Å². The third-order valence-electron chi connectivity index (χ3n) is 6.42. The fourth-order valence-electron chi connectivity index (χ4n) is 4.44. The lowest BCUT2D eigenvalue weighted by atomic mass is 9.96. The van der Waals surface area contributed by atoms with Crippen molar-refractivity contribution in [3.63, 3.8) is 0 Å². The van der Waals surface area contributed by atoms with E-state index in [1.807, 2.05) is 28.9 Å². The molecule has 2 N–H and O–H groups in total. The zero-order chi connectivity index (χ0) is 27.5. The molecule has 0 saturated heterocycles. The van der Waals surface area contributed by atoms with Crippen molar-refractivity contribution in [3.05, 3.63) is 81.7 Å². The number of esters is 1. The van der Waals surface area contributed by atoms with Crippen molar-refractivity contribution >= 4 is 28.7 Å². The van der Waals surface area contributed by atoms with E-state index in [1.165, 1.54) is 29.7 Å². The number of hydrogen-bond donors (Lipinski definition) is 1. The number of nitrogens with zero attached hydrogens (tertiary/aromatic N) is 3. The highest BCUT2D eigenvalue weighted by molar-refractivity contribution is 7.89. The Hall–Kier alpha value is -3.49. The van der Waals surface area contributed by atoms with Crippen LogP contribution in [0.2, 0.25) is 0 Å². The van der Waals surface area contributed by atoms with Gasteiger partial charge < -0.3 is 9.29 Å². The molecule has 1 fully saturated rings. The normalized spacial score (nSPS) is 13.6. The van der Waals surface area contributed by atoms with Gasteiger partial charge >= 0.3 is 5.97 Å². The maximum Gasteiger partial charge on any atom is 0.350 e. The van der Waals surface area contributed by atoms with Crippen LogP contribution in [-0.4, -0.2) is 31.9 Å². The molecule has 0 bridgehead atoms. The summed E-state index contributed by atoms with van der Waals surface area (Å²) in [6.07, 6.45) is 4.93. The number of aromatic nitrogens is 3. The molecule has 0 spiro atoms. The predicted molar refractivity (Wildman–Crippen MR) is 149 cm³/mol. The van der Waals surface area contributed by atoms with Crippen LogP contribution >= 0.6 is 11.3 Å². The van der Waals surface area contributed by atoms with Gasteiger partial charge in [-0.15, -0.1) is 11.1 Å². The molecule has 0 radical (unpaired) electrons. The summed E-state index contributed by atoms with van der Waals surface area (Å²) in [6, 6.07) is 12.4. The Morgan fingerprint density at radius 2 is 2.13 bits per heavy atom. The second-order valence-electron chi connectivity index (χ2n) is 9.26. The van der Waals surface area contributed by atoms with E-state index < -0.39 is 23.1 Å². The summed E-state index contributed by atoms with van der Waals surface area (Å²) in [5, 5.41) is 11.0. The fraction of sp³-hybridized carbons (Fsp3) is 0.276. The summed E-state index contributed by atoms with van der Waals surface area (Å²) in [7, 11) is 0. The topological polar surface area (TPSA) is 106 Å². The highest BCUT2D eigenvalue weighted by Gasteiger charge is 2.29. The van der Waals surface area contributed by atoms with Crippen molar-refractivity contribution in [1.82, 2.24) is 14.8 Å². The average molecular weight is 563 g/mol. The molecule has 2 aromatic heterocycles. The number of hydrogen-bond acceptors (Lipinski definition) is 7. The highest BCUT2D eigenvalue weighted by Crippen LogP contribution is 2.38. The van der Waals surface area contributed by atoms with Gasteiger partial charge in [-0.05, 0) is 68.9 Å². The number of nitrogens with two attached hydrogens (primary N) is 1. The van der Waals surface area contributed by atoms with E-state index in [0.717, 1.165) is 47.3 Å². The molecular formula is C29H27FN4O3S2. The summed E-state index contributed by atoms with van der Waals surface area (Å²) >= 11 is -0.688. The summed E-state index contributed by atoms with van der Waals surface area (Å²) in [5.41, 5.74) is 5.09. The van der Waals surface area contributed by atoms with Gasteiger partial charge in [0.25, 0.3) is 0 Å². The van der Waals surface area contributed by atoms with Crippen LogP contribution in [-0.2, 0) is 28.9 Å². The Morgan fingerprint density at radius 1 is 1.31 bits per heavy atom. The van der Waals surface area contributed by atoms with Crippen molar-refractivity contribution in [2.45, 2.75) is 44.4 Å². The average Bonchev–Trinajstić information content (AvgIpc) is 3.47. The van der Waals surface area contributed by atoms with E-state index in [0.29, 0.717) is 27.9 Å². The van der Waals surface area contributed by atoms with Crippen LogP contribution in [0.15, 0.2) is 53.6 Å². The predicted octanol–water partition coefficient (Wildman–Crippen LogP) is 5.21. The van der Waals surface area contributed by atoms with E-state index in [4.69, 9.17) is 15.0 Å². The van der Waals surface area contributed by atoms with Crippen LogP contribution in [0.5, 0.6) is 0 Å². The van der Waals surface area contributed by atoms with Gasteiger partial charge in [0.2, 0.25) is 10.0 Å². The number of benzene rings is 2. The van der Waals surface area contributed by atoms with Crippen LogP contribution in [0.1, 0.15) is 58.7 Å². The second-order valence-corrected chi connectivity index (χ2v) is 11.3. The molecule has 200 valence electrons. The van der Waals surface area contributed by atoms with Crippen LogP contribution < -0.4 is 5.14 Å². The molecule has 1 saturated carbocycles. The highest BCUT2D eigenvalue weighted by atomic mass is 32.2. The molecule has 5 rings (SSSR count). The first-order valence-electron chi connectivity index (χ1n) is 12.6. The number of carbonyl (C=O) groups excluding carboxylic acids is 1. The summed E-state index contributed by atoms with van der Waals surface area (Å²) in [5.74, 6) is 5.53. The Labute approximate surface area is 233 Å². The first-order valence-corrected chi connectivity index (χ1v) is 14.6. The lowest BCUT2D eigenvalue weighted by Gasteiger charge is -2.10. The number of rotatable bonds is 9. The van der Waals surface area contributed by atoms with E-state index in [-0.39, 0.29) is 11.5 Å². The summed E-state index contributed by atoms with van der Waals surface area (Å²) in [4.78, 5) is 17.2. The van der Waals surface area contributed by atoms with E-state index in [1.54, 1.807) is 19.9 Å². The van der Waals surface area contributed by atoms with Gasteiger partial charge in [-0.3, -0.25) is 0 Å². The lowest BCUT2D eigenvalue weighted by molar-refractivity contribution is 0.0532. The van der Waals surface area contributed by atoms with Crippen LogP contribution in [0.3, 0.4) is 0 Å². The van der Waals surface area contributed by atoms with Gasteiger partial charge in [0.1, 0.15) is 4.88 Å². The summed E-state index contributed by atoms with van der Waals surface area (Å²) in [6.45, 7) is 3.83. The monoisotopic (exact) mass is 562 g/mol. The Kier molecular flexibility index (Phi) is 8.14. The largest absolute Gasteiger partial charge is 0.593 e. The van der Waals surface area contributed by atoms with Gasteiger partial charge in [0, 0.05) is 23.1 Å². The molecule has 1 aliphatic rings. The molecule has 2 heterocycles. The van der Waals surface area contributed by atoms with Crippen molar-refractivity contribution in [1.29, 1.82) is 0 Å². The zero-order valence-electron chi connectivity index (χ0n) is 21.6. The first kappa shape index (κ1) is 27.1. The molecular weight excluding hydrogens is 535 g/mol. The molecule has 1 atom stereocenters. The molecule has 0 amide bonds. The molecule has 4 aromatic rings. The minimum atomic E-state index is -1.91. The van der Waals surface area contributed by atoms with Crippen molar-refractivity contribution in [2.75, 3.05) is 6.61 Å². The van der Waals surface area contributed by atoms with Crippen LogP contribution in [0, 0.1) is 23.6 Å². The molecule has 2 aromatic carbocycles. The van der Waals surface area contributed by atoms with Gasteiger partial charge in [-0.25, -0.2) is 18.9 Å². The minimum Gasteiger partial charge on any atom is -0.593 e. The van der Waals surface area contributed by atoms with E-state index >= 15 is 0 Å². The maximum absolute atomic E-state index is 14.7. The molecule has 7 nitrogen and oxygen atoms in total. The molecule has 10 heteroatoms. The Bertz CT molecular complexity index is 1580. The van der Waals surface area contributed by atoms with Gasteiger partial charge in [-0.1, -0.05) is 35.5 Å². The third-order valence-corrected chi connectivity index (χ3v) is 8.14. The van der Waals surface area contributed by atoms with Crippen LogP contribution in [0.25, 0.3) is 16.4 Å². The Balaban J connectivity index is 1.66. The van der Waals surface area contributed by atoms with Gasteiger partial charge in [0.15, 0.2) is 5.82 Å². The molecule has 0 aliphatic heterocycles. The molecule has 1 aliphatic carbocycles. The fourth-order valence-corrected chi connectivity index (χ4v) is 5.68. The van der Waals surface area contributed by atoms with Gasteiger partial charge in [-0.2, -0.15) is 5.10 Å². The van der Waals surface area contributed by atoms with Crippen molar-refractivity contribution < 1.29 is 18.5 Å². The minimum absolute atomic E-state index is 0.0343. The SMILES string of the molecule is CC#Cc1cccc(-c2nn(-c3ncc(C(=O)OCC)s3)c(CC3CC3)c2Cc2ccc([S+](N)[O-])c(F)c2)c1. The first-order chi connectivity index (χ1) is 18.9. The maximum atomic E-state index is 14.7. The molecule has 39 heavy (non-hydrogen) atoms.